The van der Waals surface area contributed by atoms with Crippen LogP contribution >= 0.6 is 11.6 Å². The first-order chi connectivity index (χ1) is 9.65. The van der Waals surface area contributed by atoms with Gasteiger partial charge in [0, 0.05) is 34.9 Å². The molecule has 2 aromatic heterocycles. The molecule has 102 valence electrons. The number of amides is 1. The van der Waals surface area contributed by atoms with Crippen LogP contribution in [0.3, 0.4) is 0 Å². The number of H-pyrrole nitrogens is 1. The van der Waals surface area contributed by atoms with E-state index in [2.05, 4.69) is 10.3 Å². The molecule has 1 aromatic carbocycles. The summed E-state index contributed by atoms with van der Waals surface area (Å²) in [6.45, 7) is 2.31. The van der Waals surface area contributed by atoms with Gasteiger partial charge in [-0.2, -0.15) is 0 Å². The standard InChI is InChI=1S/C15H13ClN2O2/c1-9-12-6-11(16)2-3-13(12)20-14(9)15(19)18-8-10-4-5-17-7-10/h2-7,17H,8H2,1H3,(H,18,19). The average molecular weight is 289 g/mol. The summed E-state index contributed by atoms with van der Waals surface area (Å²) in [4.78, 5) is 15.1. The molecule has 2 heterocycles. The number of carbonyl (C=O) groups is 1. The van der Waals surface area contributed by atoms with E-state index < -0.39 is 0 Å². The fraction of sp³-hybridized carbons (Fsp3) is 0.133. The summed E-state index contributed by atoms with van der Waals surface area (Å²) in [6, 6.07) is 7.23. The Hall–Kier alpha value is -2.20. The molecule has 0 aliphatic carbocycles. The maximum absolute atomic E-state index is 12.2. The highest BCUT2D eigenvalue weighted by Gasteiger charge is 2.17. The van der Waals surface area contributed by atoms with Gasteiger partial charge < -0.3 is 14.7 Å². The van der Waals surface area contributed by atoms with Crippen LogP contribution in [0.5, 0.6) is 0 Å². The van der Waals surface area contributed by atoms with Crippen molar-refractivity contribution in [3.05, 3.63) is 58.6 Å². The van der Waals surface area contributed by atoms with Gasteiger partial charge in [0.1, 0.15) is 5.58 Å². The van der Waals surface area contributed by atoms with E-state index in [4.69, 9.17) is 16.0 Å². The van der Waals surface area contributed by atoms with Gasteiger partial charge in [-0.05, 0) is 36.8 Å². The number of hydrogen-bond acceptors (Lipinski definition) is 2. The molecule has 0 saturated heterocycles. The van der Waals surface area contributed by atoms with Crippen molar-refractivity contribution in [2.45, 2.75) is 13.5 Å². The summed E-state index contributed by atoms with van der Waals surface area (Å²) in [7, 11) is 0. The topological polar surface area (TPSA) is 58.0 Å². The predicted octanol–water partition coefficient (Wildman–Crippen LogP) is 3.65. The lowest BCUT2D eigenvalue weighted by Gasteiger charge is -2.01. The molecule has 0 spiro atoms. The number of halogens is 1. The molecule has 0 unspecified atom stereocenters. The van der Waals surface area contributed by atoms with Gasteiger partial charge in [-0.3, -0.25) is 4.79 Å². The molecule has 3 rings (SSSR count). The Balaban J connectivity index is 1.86. The molecule has 0 aliphatic rings. The van der Waals surface area contributed by atoms with Crippen molar-refractivity contribution in [3.63, 3.8) is 0 Å². The van der Waals surface area contributed by atoms with Crippen LogP contribution in [-0.2, 0) is 6.54 Å². The number of benzene rings is 1. The monoisotopic (exact) mass is 288 g/mol. The number of nitrogens with one attached hydrogen (secondary N) is 2. The van der Waals surface area contributed by atoms with Gasteiger partial charge in [0.05, 0.1) is 0 Å². The summed E-state index contributed by atoms with van der Waals surface area (Å²) in [5.41, 5.74) is 2.47. The fourth-order valence-corrected chi connectivity index (χ4v) is 2.31. The molecule has 3 aromatic rings. The third-order valence-electron chi connectivity index (χ3n) is 3.22. The number of carbonyl (C=O) groups excluding carboxylic acids is 1. The van der Waals surface area contributed by atoms with E-state index in [1.807, 2.05) is 25.4 Å². The van der Waals surface area contributed by atoms with Crippen LogP contribution in [0.25, 0.3) is 11.0 Å². The van der Waals surface area contributed by atoms with Crippen LogP contribution < -0.4 is 5.32 Å². The Morgan fingerprint density at radius 2 is 2.25 bits per heavy atom. The Bertz CT molecular complexity index is 760. The van der Waals surface area contributed by atoms with Crippen molar-refractivity contribution in [2.24, 2.45) is 0 Å². The second kappa shape index (κ2) is 5.06. The minimum Gasteiger partial charge on any atom is -0.451 e. The summed E-state index contributed by atoms with van der Waals surface area (Å²) >= 11 is 5.96. The van der Waals surface area contributed by atoms with E-state index in [-0.39, 0.29) is 5.91 Å². The number of furan rings is 1. The van der Waals surface area contributed by atoms with Gasteiger partial charge in [-0.25, -0.2) is 0 Å². The number of fused-ring (bicyclic) bond motifs is 1. The quantitative estimate of drug-likeness (QED) is 0.773. The molecule has 0 bridgehead atoms. The van der Waals surface area contributed by atoms with Gasteiger partial charge in [0.25, 0.3) is 5.91 Å². The fourth-order valence-electron chi connectivity index (χ4n) is 2.14. The number of rotatable bonds is 3. The lowest BCUT2D eigenvalue weighted by molar-refractivity contribution is 0.0924. The molecular weight excluding hydrogens is 276 g/mol. The van der Waals surface area contributed by atoms with Crippen LogP contribution in [-0.4, -0.2) is 10.9 Å². The van der Waals surface area contributed by atoms with Gasteiger partial charge in [-0.1, -0.05) is 11.6 Å². The van der Waals surface area contributed by atoms with Crippen LogP contribution in [0.15, 0.2) is 41.1 Å². The molecule has 4 nitrogen and oxygen atoms in total. The number of aromatic nitrogens is 1. The highest BCUT2D eigenvalue weighted by Crippen LogP contribution is 2.27. The molecule has 0 saturated carbocycles. The second-order valence-corrected chi connectivity index (χ2v) is 5.04. The Morgan fingerprint density at radius 1 is 1.40 bits per heavy atom. The van der Waals surface area contributed by atoms with E-state index in [1.165, 1.54) is 0 Å². The van der Waals surface area contributed by atoms with E-state index in [0.29, 0.717) is 22.9 Å². The lowest BCUT2D eigenvalue weighted by atomic mass is 10.1. The lowest BCUT2D eigenvalue weighted by Crippen LogP contribution is -2.22. The Kier molecular flexibility index (Phi) is 3.24. The Morgan fingerprint density at radius 3 is 3.00 bits per heavy atom. The molecular formula is C15H13ClN2O2. The molecule has 2 N–H and O–H groups in total. The number of aryl methyl sites for hydroxylation is 1. The van der Waals surface area contributed by atoms with Crippen molar-refractivity contribution < 1.29 is 9.21 Å². The summed E-state index contributed by atoms with van der Waals surface area (Å²) < 4.78 is 5.61. The highest BCUT2D eigenvalue weighted by molar-refractivity contribution is 6.31. The van der Waals surface area contributed by atoms with Crippen LogP contribution in [0.1, 0.15) is 21.7 Å². The largest absolute Gasteiger partial charge is 0.451 e. The molecule has 0 aliphatic heterocycles. The third-order valence-corrected chi connectivity index (χ3v) is 3.45. The number of hydrogen-bond donors (Lipinski definition) is 2. The van der Waals surface area contributed by atoms with E-state index in [9.17, 15) is 4.79 Å². The maximum Gasteiger partial charge on any atom is 0.287 e. The molecule has 5 heteroatoms. The zero-order chi connectivity index (χ0) is 14.1. The van der Waals surface area contributed by atoms with Crippen molar-refractivity contribution in [2.75, 3.05) is 0 Å². The van der Waals surface area contributed by atoms with E-state index >= 15 is 0 Å². The minimum atomic E-state index is -0.226. The van der Waals surface area contributed by atoms with Crippen molar-refractivity contribution in [3.8, 4) is 0 Å². The van der Waals surface area contributed by atoms with Crippen molar-refractivity contribution >= 4 is 28.5 Å². The summed E-state index contributed by atoms with van der Waals surface area (Å²) in [6.07, 6.45) is 3.65. The van der Waals surface area contributed by atoms with Crippen molar-refractivity contribution in [1.82, 2.24) is 10.3 Å². The van der Waals surface area contributed by atoms with Crippen molar-refractivity contribution in [1.29, 1.82) is 0 Å². The average Bonchev–Trinajstić information content (AvgIpc) is 3.05. The van der Waals surface area contributed by atoms with Crippen LogP contribution in [0.2, 0.25) is 5.02 Å². The smallest absolute Gasteiger partial charge is 0.287 e. The zero-order valence-electron chi connectivity index (χ0n) is 10.9. The molecule has 0 fully saturated rings. The molecule has 0 radical (unpaired) electrons. The predicted molar refractivity (Wildman–Crippen MR) is 77.9 cm³/mol. The van der Waals surface area contributed by atoms with Crippen LogP contribution in [0, 0.1) is 6.92 Å². The summed E-state index contributed by atoms with van der Waals surface area (Å²) in [5, 5.41) is 4.32. The van der Waals surface area contributed by atoms with E-state index in [0.717, 1.165) is 16.5 Å². The third kappa shape index (κ3) is 2.30. The van der Waals surface area contributed by atoms with Gasteiger partial charge >= 0.3 is 0 Å². The SMILES string of the molecule is Cc1c(C(=O)NCc2cc[nH]c2)oc2ccc(Cl)cc12. The summed E-state index contributed by atoms with van der Waals surface area (Å²) in [5.74, 6) is 0.105. The van der Waals surface area contributed by atoms with E-state index in [1.54, 1.807) is 18.2 Å². The van der Waals surface area contributed by atoms with Gasteiger partial charge in [0.2, 0.25) is 0 Å². The Labute approximate surface area is 120 Å². The zero-order valence-corrected chi connectivity index (χ0v) is 11.6. The molecule has 1 amide bonds. The van der Waals surface area contributed by atoms with Crippen LogP contribution in [0.4, 0.5) is 0 Å². The number of aromatic amines is 1. The first kappa shape index (κ1) is 12.8. The second-order valence-electron chi connectivity index (χ2n) is 4.60. The normalized spacial score (nSPS) is 10.9. The molecule has 0 atom stereocenters. The van der Waals surface area contributed by atoms with Gasteiger partial charge in [-0.15, -0.1) is 0 Å². The van der Waals surface area contributed by atoms with Gasteiger partial charge in [0.15, 0.2) is 5.76 Å². The first-order valence-corrected chi connectivity index (χ1v) is 6.61. The highest BCUT2D eigenvalue weighted by atomic mass is 35.5. The first-order valence-electron chi connectivity index (χ1n) is 6.23. The minimum absolute atomic E-state index is 0.226. The maximum atomic E-state index is 12.2. The molecule has 20 heavy (non-hydrogen) atoms.